The summed E-state index contributed by atoms with van der Waals surface area (Å²) in [5.74, 6) is 0.630. The highest BCUT2D eigenvalue weighted by Gasteiger charge is 2.29. The molecule has 0 unspecified atom stereocenters. The fourth-order valence-corrected chi connectivity index (χ4v) is 7.18. The van der Waals surface area contributed by atoms with Crippen molar-refractivity contribution in [1.82, 2.24) is 34.7 Å². The van der Waals surface area contributed by atoms with Crippen LogP contribution in [0.15, 0.2) is 65.6 Å². The van der Waals surface area contributed by atoms with Crippen LogP contribution in [0.4, 0.5) is 13.6 Å². The van der Waals surface area contributed by atoms with Crippen LogP contribution in [0.1, 0.15) is 51.4 Å². The molecule has 2 amide bonds. The second-order valence-electron chi connectivity index (χ2n) is 14.6. The van der Waals surface area contributed by atoms with Crippen LogP contribution in [0.2, 0.25) is 10.0 Å². The molecule has 1 atom stereocenters. The molecular formula is C40H43Cl2F2N7O5. The molecule has 0 saturated carbocycles. The fraction of sp³-hybridized carbons (Fsp3) is 0.375. The largest absolute Gasteiger partial charge is 0.481 e. The lowest BCUT2D eigenvalue weighted by Gasteiger charge is -2.29. The normalized spacial score (nSPS) is 14.4. The minimum Gasteiger partial charge on any atom is -0.481 e. The van der Waals surface area contributed by atoms with E-state index in [9.17, 15) is 23.2 Å². The first-order valence-electron chi connectivity index (χ1n) is 18.1. The van der Waals surface area contributed by atoms with Crippen molar-refractivity contribution in [3.8, 4) is 39.4 Å². The number of ether oxygens (including phenoxy) is 2. The highest BCUT2D eigenvalue weighted by atomic mass is 35.5. The number of aromatic nitrogens is 4. The lowest BCUT2D eigenvalue weighted by molar-refractivity contribution is -0.119. The van der Waals surface area contributed by atoms with E-state index in [-0.39, 0.29) is 50.1 Å². The van der Waals surface area contributed by atoms with E-state index in [1.54, 1.807) is 51.0 Å². The van der Waals surface area contributed by atoms with Gasteiger partial charge >= 0.3 is 6.09 Å². The number of carbonyl (C=O) groups excluding carboxylic acids is 2. The summed E-state index contributed by atoms with van der Waals surface area (Å²) in [6, 6.07) is 16.2. The smallest absolute Gasteiger partial charge is 0.410 e. The van der Waals surface area contributed by atoms with Gasteiger partial charge in [0.1, 0.15) is 16.9 Å². The van der Waals surface area contributed by atoms with E-state index in [4.69, 9.17) is 37.7 Å². The third-order valence-corrected chi connectivity index (χ3v) is 10.1. The third-order valence-electron chi connectivity index (χ3n) is 9.30. The molecule has 1 aliphatic rings. The molecule has 296 valence electrons. The Hall–Kier alpha value is -5.05. The molecule has 6 rings (SSSR count). The molecule has 56 heavy (non-hydrogen) atoms. The molecular weight excluding hydrogens is 767 g/mol. The van der Waals surface area contributed by atoms with Gasteiger partial charge in [-0.15, -0.1) is 0 Å². The Balaban J connectivity index is 1.29. The number of fused-ring (bicyclic) bond motifs is 1. The Labute approximate surface area is 332 Å². The summed E-state index contributed by atoms with van der Waals surface area (Å²) in [5, 5.41) is 11.2. The minimum atomic E-state index is -2.42. The van der Waals surface area contributed by atoms with E-state index in [2.05, 4.69) is 15.7 Å². The second-order valence-corrected chi connectivity index (χ2v) is 15.3. The highest BCUT2D eigenvalue weighted by molar-refractivity contribution is 6.39. The zero-order valence-corrected chi connectivity index (χ0v) is 33.2. The van der Waals surface area contributed by atoms with Crippen LogP contribution in [-0.2, 0) is 29.7 Å². The van der Waals surface area contributed by atoms with Gasteiger partial charge in [-0.2, -0.15) is 5.10 Å². The summed E-state index contributed by atoms with van der Waals surface area (Å²) < 4.78 is 39.4. The lowest BCUT2D eigenvalue weighted by atomic mass is 9.97. The number of nitrogens with zero attached hydrogens (tertiary/aromatic N) is 5. The molecule has 1 fully saturated rings. The Kier molecular flexibility index (Phi) is 12.3. The van der Waals surface area contributed by atoms with Crippen molar-refractivity contribution >= 4 is 40.7 Å². The zero-order chi connectivity index (χ0) is 40.3. The van der Waals surface area contributed by atoms with E-state index in [1.165, 1.54) is 16.2 Å². The van der Waals surface area contributed by atoms with Crippen molar-refractivity contribution < 1.29 is 27.8 Å². The predicted octanol–water partition coefficient (Wildman–Crippen LogP) is 7.50. The van der Waals surface area contributed by atoms with Crippen molar-refractivity contribution in [3.63, 3.8) is 0 Å². The van der Waals surface area contributed by atoms with Gasteiger partial charge in [-0.1, -0.05) is 59.6 Å². The maximum absolute atomic E-state index is 13.3. The number of methoxy groups -OCH3 is 1. The summed E-state index contributed by atoms with van der Waals surface area (Å²) in [4.78, 5) is 44.8. The van der Waals surface area contributed by atoms with E-state index in [1.807, 2.05) is 42.5 Å². The lowest BCUT2D eigenvalue weighted by Crippen LogP contribution is -2.43. The predicted molar refractivity (Wildman–Crippen MR) is 211 cm³/mol. The first-order chi connectivity index (χ1) is 26.6. The molecule has 12 nitrogen and oxygen atoms in total. The van der Waals surface area contributed by atoms with Gasteiger partial charge in [0.2, 0.25) is 18.2 Å². The van der Waals surface area contributed by atoms with Gasteiger partial charge in [0.05, 0.1) is 35.9 Å². The molecule has 2 aromatic carbocycles. The van der Waals surface area contributed by atoms with Crippen molar-refractivity contribution in [2.45, 2.75) is 71.2 Å². The second kappa shape index (κ2) is 17.0. The standard InChI is InChI=1S/C40H43Cl2F2N7O5/c1-40(2,3)56-39(54)50(22-25-13-15-34(52)46-25)20-23-12-14-30(47-37(23)55-5)29-11-7-10-28(36(29)42)27-9-6-8-26(35(27)41)24-18-31-38(53)49(4)33(48-51(31)21-24)19-45-17-16-32(43)44/h6-12,14,18,21,25,32,45H,13,15-17,19-20,22H2,1-5H3,(H,46,52)/t25-/m0/s1. The molecule has 0 spiro atoms. The monoisotopic (exact) mass is 809 g/mol. The molecule has 0 radical (unpaired) electrons. The summed E-state index contributed by atoms with van der Waals surface area (Å²) >= 11 is 14.2. The van der Waals surface area contributed by atoms with Crippen LogP contribution in [-0.4, -0.2) is 74.3 Å². The summed E-state index contributed by atoms with van der Waals surface area (Å²) in [7, 11) is 3.09. The Morgan fingerprint density at radius 2 is 1.73 bits per heavy atom. The minimum absolute atomic E-state index is 0.0513. The first-order valence-corrected chi connectivity index (χ1v) is 18.9. The number of hydrogen-bond acceptors (Lipinski definition) is 8. The molecule has 16 heteroatoms. The molecule has 2 N–H and O–H groups in total. The number of halogens is 4. The number of amides is 2. The molecule has 3 aromatic heterocycles. The van der Waals surface area contributed by atoms with E-state index in [0.717, 1.165) is 0 Å². The third kappa shape index (κ3) is 9.14. The van der Waals surface area contributed by atoms with Crippen molar-refractivity contribution in [2.75, 3.05) is 20.2 Å². The molecule has 0 bridgehead atoms. The van der Waals surface area contributed by atoms with E-state index >= 15 is 0 Å². The van der Waals surface area contributed by atoms with Crippen LogP contribution in [0, 0.1) is 0 Å². The van der Waals surface area contributed by atoms with Crippen LogP contribution in [0.25, 0.3) is 39.0 Å². The molecule has 1 saturated heterocycles. The fourth-order valence-electron chi connectivity index (χ4n) is 6.52. The number of rotatable bonds is 13. The maximum atomic E-state index is 13.3. The zero-order valence-electron chi connectivity index (χ0n) is 31.7. The first kappa shape index (κ1) is 40.6. The van der Waals surface area contributed by atoms with Gasteiger partial charge in [-0.25, -0.2) is 23.1 Å². The molecule has 0 aliphatic carbocycles. The topological polar surface area (TPSA) is 132 Å². The van der Waals surface area contributed by atoms with Crippen LogP contribution in [0.5, 0.6) is 5.88 Å². The number of alkyl halides is 2. The number of hydrogen-bond donors (Lipinski definition) is 2. The van der Waals surface area contributed by atoms with Gasteiger partial charge in [0, 0.05) is 78.6 Å². The van der Waals surface area contributed by atoms with Crippen molar-refractivity contribution in [1.29, 1.82) is 0 Å². The van der Waals surface area contributed by atoms with Crippen molar-refractivity contribution in [2.24, 2.45) is 7.05 Å². The van der Waals surface area contributed by atoms with Gasteiger partial charge < -0.3 is 25.0 Å². The van der Waals surface area contributed by atoms with Crippen LogP contribution < -0.4 is 20.9 Å². The number of pyridine rings is 1. The van der Waals surface area contributed by atoms with Gasteiger partial charge in [-0.3, -0.25) is 14.2 Å². The van der Waals surface area contributed by atoms with Crippen molar-refractivity contribution in [3.05, 3.63) is 92.6 Å². The SMILES string of the molecule is COc1nc(-c2cccc(-c3cccc(-c4cc5c(=O)n(C)c(CNCCC(F)F)nn5c4)c3Cl)c2Cl)ccc1CN(C[C@@H]1CCC(=O)N1)C(=O)OC(C)(C)C. The number of nitrogens with one attached hydrogen (secondary N) is 2. The molecule has 4 heterocycles. The van der Waals surface area contributed by atoms with E-state index < -0.39 is 18.1 Å². The van der Waals surface area contributed by atoms with Gasteiger partial charge in [0.25, 0.3) is 5.56 Å². The average molecular weight is 811 g/mol. The molecule has 5 aromatic rings. The molecule has 1 aliphatic heterocycles. The van der Waals surface area contributed by atoms with Crippen LogP contribution >= 0.6 is 23.2 Å². The quantitative estimate of drug-likeness (QED) is 0.117. The Morgan fingerprint density at radius 1 is 1.05 bits per heavy atom. The summed E-state index contributed by atoms with van der Waals surface area (Å²) in [5.41, 5.74) is 3.66. The summed E-state index contributed by atoms with van der Waals surface area (Å²) in [6.45, 7) is 6.00. The maximum Gasteiger partial charge on any atom is 0.410 e. The summed E-state index contributed by atoms with van der Waals surface area (Å²) in [6.07, 6.45) is -0.528. The Morgan fingerprint density at radius 3 is 2.38 bits per heavy atom. The average Bonchev–Trinajstić information content (AvgIpc) is 3.77. The number of carbonyl (C=O) groups is 2. The number of benzene rings is 2. The Bertz CT molecular complexity index is 2330. The van der Waals surface area contributed by atoms with Gasteiger partial charge in [0.15, 0.2) is 0 Å². The van der Waals surface area contributed by atoms with Crippen LogP contribution in [0.3, 0.4) is 0 Å². The van der Waals surface area contributed by atoms with E-state index in [0.29, 0.717) is 79.2 Å². The highest BCUT2D eigenvalue weighted by Crippen LogP contribution is 2.42. The van der Waals surface area contributed by atoms with Gasteiger partial charge in [-0.05, 0) is 45.4 Å².